The molecule has 0 aromatic heterocycles. The van der Waals surface area contributed by atoms with Crippen molar-refractivity contribution in [1.82, 2.24) is 9.62 Å². The van der Waals surface area contributed by atoms with Crippen LogP contribution in [-0.4, -0.2) is 31.7 Å². The van der Waals surface area contributed by atoms with E-state index in [9.17, 15) is 13.2 Å². The van der Waals surface area contributed by atoms with Gasteiger partial charge in [0.15, 0.2) is 0 Å². The first-order valence-electron chi connectivity index (χ1n) is 10.6. The zero-order valence-corrected chi connectivity index (χ0v) is 19.7. The monoisotopic (exact) mass is 480 g/mol. The van der Waals surface area contributed by atoms with Gasteiger partial charge in [-0.05, 0) is 56.2 Å². The van der Waals surface area contributed by atoms with Crippen molar-refractivity contribution in [3.05, 3.63) is 63.6 Å². The molecule has 8 heteroatoms. The van der Waals surface area contributed by atoms with Crippen LogP contribution in [0.3, 0.4) is 0 Å². The molecule has 4 rings (SSSR count). The first kappa shape index (κ1) is 22.6. The molecule has 5 nitrogen and oxygen atoms in total. The first-order chi connectivity index (χ1) is 14.8. The van der Waals surface area contributed by atoms with E-state index < -0.39 is 10.0 Å². The molecule has 0 spiro atoms. The van der Waals surface area contributed by atoms with Crippen molar-refractivity contribution in [2.24, 2.45) is 11.8 Å². The fourth-order valence-electron chi connectivity index (χ4n) is 4.13. The van der Waals surface area contributed by atoms with Crippen molar-refractivity contribution >= 4 is 39.1 Å². The van der Waals surface area contributed by atoms with E-state index in [1.807, 2.05) is 6.92 Å². The maximum absolute atomic E-state index is 13.0. The standard InChI is InChI=1S/C23H26Cl2N2O3S/c1-15-5-7-16(8-6-15)22(17-9-10-17)26-23(28)18-11-13-27(14-12-18)31(29,30)20-4-2-3-19(24)21(20)25/h2-8,17-18,22H,9-14H2,1H3,(H,26,28)/t22-/m1/s1. The number of nitrogens with one attached hydrogen (secondary N) is 1. The van der Waals surface area contributed by atoms with Crippen LogP contribution >= 0.6 is 23.2 Å². The number of carbonyl (C=O) groups is 1. The predicted molar refractivity (Wildman–Crippen MR) is 123 cm³/mol. The predicted octanol–water partition coefficient (Wildman–Crippen LogP) is 4.97. The minimum absolute atomic E-state index is 0.00955. The lowest BCUT2D eigenvalue weighted by Crippen LogP contribution is -2.44. The highest BCUT2D eigenvalue weighted by Gasteiger charge is 2.37. The molecule has 1 aliphatic carbocycles. The van der Waals surface area contributed by atoms with Gasteiger partial charge in [-0.25, -0.2) is 8.42 Å². The molecule has 0 unspecified atom stereocenters. The minimum atomic E-state index is -3.75. The lowest BCUT2D eigenvalue weighted by molar-refractivity contribution is -0.127. The zero-order valence-electron chi connectivity index (χ0n) is 17.4. The van der Waals surface area contributed by atoms with E-state index in [4.69, 9.17) is 23.2 Å². The van der Waals surface area contributed by atoms with Gasteiger partial charge in [0.25, 0.3) is 0 Å². The van der Waals surface area contributed by atoms with Gasteiger partial charge >= 0.3 is 0 Å². The van der Waals surface area contributed by atoms with Crippen LogP contribution in [0.5, 0.6) is 0 Å². The largest absolute Gasteiger partial charge is 0.349 e. The quantitative estimate of drug-likeness (QED) is 0.634. The number of amides is 1. The Morgan fingerprint density at radius 1 is 1.03 bits per heavy atom. The van der Waals surface area contributed by atoms with E-state index in [1.54, 1.807) is 12.1 Å². The summed E-state index contributed by atoms with van der Waals surface area (Å²) >= 11 is 12.1. The summed E-state index contributed by atoms with van der Waals surface area (Å²) in [6.07, 6.45) is 3.20. The minimum Gasteiger partial charge on any atom is -0.349 e. The van der Waals surface area contributed by atoms with Crippen LogP contribution in [0.4, 0.5) is 0 Å². The molecular formula is C23H26Cl2N2O3S. The third-order valence-electron chi connectivity index (χ3n) is 6.19. The fraction of sp³-hybridized carbons (Fsp3) is 0.435. The van der Waals surface area contributed by atoms with Crippen LogP contribution in [0, 0.1) is 18.8 Å². The highest BCUT2D eigenvalue weighted by atomic mass is 35.5. The van der Waals surface area contributed by atoms with Gasteiger partial charge < -0.3 is 5.32 Å². The van der Waals surface area contributed by atoms with E-state index in [-0.39, 0.29) is 45.9 Å². The maximum atomic E-state index is 13.0. The number of carbonyl (C=O) groups excluding carboxylic acids is 1. The molecule has 1 amide bonds. The van der Waals surface area contributed by atoms with Gasteiger partial charge in [-0.1, -0.05) is 59.1 Å². The second-order valence-corrected chi connectivity index (χ2v) is 11.2. The van der Waals surface area contributed by atoms with Gasteiger partial charge in [0, 0.05) is 19.0 Å². The van der Waals surface area contributed by atoms with Crippen molar-refractivity contribution in [2.45, 2.75) is 43.5 Å². The Morgan fingerprint density at radius 3 is 2.29 bits per heavy atom. The first-order valence-corrected chi connectivity index (χ1v) is 12.8. The van der Waals surface area contributed by atoms with Crippen LogP contribution in [0.1, 0.15) is 42.9 Å². The topological polar surface area (TPSA) is 66.5 Å². The number of piperidine rings is 1. The second kappa shape index (κ2) is 9.10. The van der Waals surface area contributed by atoms with Gasteiger partial charge in [0.05, 0.1) is 16.1 Å². The number of nitrogens with zero attached hydrogens (tertiary/aromatic N) is 1. The van der Waals surface area contributed by atoms with Crippen LogP contribution < -0.4 is 5.32 Å². The molecule has 1 N–H and O–H groups in total. The lowest BCUT2D eigenvalue weighted by atomic mass is 9.95. The fourth-order valence-corrected chi connectivity index (χ4v) is 6.33. The Morgan fingerprint density at radius 2 is 1.68 bits per heavy atom. The molecule has 166 valence electrons. The second-order valence-electron chi connectivity index (χ2n) is 8.46. The van der Waals surface area contributed by atoms with E-state index in [0.717, 1.165) is 18.4 Å². The molecule has 0 radical (unpaired) electrons. The Balaban J connectivity index is 1.40. The number of hydrogen-bond acceptors (Lipinski definition) is 3. The Labute approximate surface area is 193 Å². The van der Waals surface area contributed by atoms with E-state index in [0.29, 0.717) is 18.8 Å². The third-order valence-corrected chi connectivity index (χ3v) is 9.06. The number of rotatable bonds is 6. The molecule has 1 saturated heterocycles. The molecule has 0 bridgehead atoms. The molecule has 2 aliphatic rings. The zero-order chi connectivity index (χ0) is 22.2. The average molecular weight is 481 g/mol. The van der Waals surface area contributed by atoms with E-state index >= 15 is 0 Å². The summed E-state index contributed by atoms with van der Waals surface area (Å²) in [6.45, 7) is 2.61. The molecule has 1 saturated carbocycles. The van der Waals surface area contributed by atoms with Gasteiger partial charge in [-0.3, -0.25) is 4.79 Å². The number of hydrogen-bond donors (Lipinski definition) is 1. The molecule has 1 heterocycles. The Hall–Kier alpha value is -1.60. The summed E-state index contributed by atoms with van der Waals surface area (Å²) in [6, 6.07) is 12.9. The van der Waals surface area contributed by atoms with Gasteiger partial charge in [-0.15, -0.1) is 0 Å². The van der Waals surface area contributed by atoms with Crippen LogP contribution in [0.15, 0.2) is 47.4 Å². The number of benzene rings is 2. The van der Waals surface area contributed by atoms with Crippen LogP contribution in [-0.2, 0) is 14.8 Å². The SMILES string of the molecule is Cc1ccc([C@@H](NC(=O)C2CCN(S(=O)(=O)c3cccc(Cl)c3Cl)CC2)C2CC2)cc1. The molecule has 31 heavy (non-hydrogen) atoms. The number of aryl methyl sites for hydroxylation is 1. The molecule has 2 aromatic carbocycles. The molecule has 2 aromatic rings. The summed E-state index contributed by atoms with van der Waals surface area (Å²) in [4.78, 5) is 13.0. The van der Waals surface area contributed by atoms with E-state index in [1.165, 1.54) is 15.9 Å². The highest BCUT2D eigenvalue weighted by molar-refractivity contribution is 7.89. The molecular weight excluding hydrogens is 455 g/mol. The summed E-state index contributed by atoms with van der Waals surface area (Å²) < 4.78 is 27.4. The van der Waals surface area contributed by atoms with Crippen molar-refractivity contribution in [2.75, 3.05) is 13.1 Å². The Bertz CT molecular complexity index is 1060. The van der Waals surface area contributed by atoms with Crippen LogP contribution in [0.2, 0.25) is 10.0 Å². The summed E-state index contributed by atoms with van der Waals surface area (Å²) in [5.41, 5.74) is 2.33. The third kappa shape index (κ3) is 4.92. The number of sulfonamides is 1. The number of halogens is 2. The highest BCUT2D eigenvalue weighted by Crippen LogP contribution is 2.41. The smallest absolute Gasteiger partial charge is 0.244 e. The summed E-state index contributed by atoms with van der Waals surface area (Å²) in [5.74, 6) is 0.292. The van der Waals surface area contributed by atoms with Crippen molar-refractivity contribution < 1.29 is 13.2 Å². The summed E-state index contributed by atoms with van der Waals surface area (Å²) in [7, 11) is -3.75. The maximum Gasteiger partial charge on any atom is 0.244 e. The Kier molecular flexibility index (Phi) is 6.63. The van der Waals surface area contributed by atoms with Gasteiger partial charge in [-0.2, -0.15) is 4.31 Å². The lowest BCUT2D eigenvalue weighted by Gasteiger charge is -2.32. The molecule has 1 atom stereocenters. The molecule has 1 aliphatic heterocycles. The van der Waals surface area contributed by atoms with Gasteiger partial charge in [0.1, 0.15) is 4.90 Å². The summed E-state index contributed by atoms with van der Waals surface area (Å²) in [5, 5.41) is 3.48. The average Bonchev–Trinajstić information content (AvgIpc) is 3.60. The van der Waals surface area contributed by atoms with Crippen molar-refractivity contribution in [3.63, 3.8) is 0 Å². The van der Waals surface area contributed by atoms with Crippen molar-refractivity contribution in [1.29, 1.82) is 0 Å². The van der Waals surface area contributed by atoms with Gasteiger partial charge in [0.2, 0.25) is 15.9 Å². The van der Waals surface area contributed by atoms with E-state index in [2.05, 4.69) is 29.6 Å². The normalized spacial score (nSPS) is 19.2. The van der Waals surface area contributed by atoms with Crippen molar-refractivity contribution in [3.8, 4) is 0 Å². The molecule has 2 fully saturated rings. The van der Waals surface area contributed by atoms with Crippen LogP contribution in [0.25, 0.3) is 0 Å².